The number of amides is 1. The summed E-state index contributed by atoms with van der Waals surface area (Å²) in [6.45, 7) is 1.80. The average molecular weight is 254 g/mol. The number of benzene rings is 1. The van der Waals surface area contributed by atoms with Gasteiger partial charge in [-0.15, -0.1) is 0 Å². The first-order valence-electron chi connectivity index (χ1n) is 5.13. The molecule has 0 aromatic heterocycles. The number of nitrogens with zero attached hydrogens (tertiary/aromatic N) is 1. The molecule has 1 N–H and O–H groups in total. The molecule has 0 atom stereocenters. The third-order valence-electron chi connectivity index (χ3n) is 2.20. The second kappa shape index (κ2) is 4.78. The van der Waals surface area contributed by atoms with Crippen LogP contribution in [0.3, 0.4) is 0 Å². The van der Waals surface area contributed by atoms with Crippen molar-refractivity contribution in [2.24, 2.45) is 0 Å². The van der Waals surface area contributed by atoms with E-state index in [0.717, 1.165) is 0 Å². The molecule has 96 valence electrons. The molecule has 2 rings (SSSR count). The molecule has 0 unspecified atom stereocenters. The van der Waals surface area contributed by atoms with Gasteiger partial charge in [-0.1, -0.05) is 0 Å². The van der Waals surface area contributed by atoms with Crippen molar-refractivity contribution in [2.75, 3.05) is 18.7 Å². The van der Waals surface area contributed by atoms with Crippen molar-refractivity contribution in [1.29, 1.82) is 0 Å². The highest BCUT2D eigenvalue weighted by molar-refractivity contribution is 5.89. The molecule has 1 aromatic rings. The van der Waals surface area contributed by atoms with E-state index in [2.05, 4.69) is 10.1 Å². The van der Waals surface area contributed by atoms with Crippen LogP contribution in [0.2, 0.25) is 0 Å². The molecular weight excluding hydrogens is 244 g/mol. The van der Waals surface area contributed by atoms with E-state index in [1.165, 1.54) is 12.1 Å². The van der Waals surface area contributed by atoms with Crippen molar-refractivity contribution in [3.63, 3.8) is 0 Å². The molecule has 0 aliphatic carbocycles. The second-order valence-electron chi connectivity index (χ2n) is 3.33. The van der Waals surface area contributed by atoms with Crippen molar-refractivity contribution in [3.05, 3.63) is 22.2 Å². The lowest BCUT2D eigenvalue weighted by molar-refractivity contribution is -0.384. The van der Waals surface area contributed by atoms with Crippen LogP contribution in [0.1, 0.15) is 6.92 Å². The zero-order chi connectivity index (χ0) is 13.1. The van der Waals surface area contributed by atoms with Crippen LogP contribution in [-0.2, 0) is 4.74 Å². The second-order valence-corrected chi connectivity index (χ2v) is 3.33. The standard InChI is InChI=1S/C10H10N2O6/c1-2-16-10(13)11-6-3-8-9(18-5-17-8)4-7(6)12(14)15/h3-4H,2,5H2,1H3,(H,11,13). The van der Waals surface area contributed by atoms with Gasteiger partial charge in [0.15, 0.2) is 11.5 Å². The molecule has 1 aliphatic heterocycles. The van der Waals surface area contributed by atoms with E-state index >= 15 is 0 Å². The lowest BCUT2D eigenvalue weighted by Gasteiger charge is -2.06. The first-order chi connectivity index (χ1) is 8.61. The molecule has 8 nitrogen and oxygen atoms in total. The highest BCUT2D eigenvalue weighted by Gasteiger charge is 2.24. The van der Waals surface area contributed by atoms with Crippen LogP contribution in [0.5, 0.6) is 11.5 Å². The van der Waals surface area contributed by atoms with Gasteiger partial charge in [-0.25, -0.2) is 4.79 Å². The smallest absolute Gasteiger partial charge is 0.411 e. The number of nitro groups is 1. The molecule has 0 radical (unpaired) electrons. The third-order valence-corrected chi connectivity index (χ3v) is 2.20. The molecule has 1 aromatic carbocycles. The van der Waals surface area contributed by atoms with Crippen LogP contribution >= 0.6 is 0 Å². The number of carbonyl (C=O) groups is 1. The Kier molecular flexibility index (Phi) is 3.18. The molecule has 1 amide bonds. The number of anilines is 1. The highest BCUT2D eigenvalue weighted by atomic mass is 16.7. The summed E-state index contributed by atoms with van der Waals surface area (Å²) in [5, 5.41) is 13.2. The molecule has 1 heterocycles. The summed E-state index contributed by atoms with van der Waals surface area (Å²) in [4.78, 5) is 21.5. The van der Waals surface area contributed by atoms with Gasteiger partial charge in [0, 0.05) is 6.07 Å². The summed E-state index contributed by atoms with van der Waals surface area (Å²) in [6.07, 6.45) is -0.764. The number of rotatable bonds is 3. The predicted octanol–water partition coefficient (Wildman–Crippen LogP) is 1.89. The van der Waals surface area contributed by atoms with Gasteiger partial charge in [-0.3, -0.25) is 15.4 Å². The van der Waals surface area contributed by atoms with E-state index in [1.807, 2.05) is 0 Å². The van der Waals surface area contributed by atoms with Crippen molar-refractivity contribution in [3.8, 4) is 11.5 Å². The normalized spacial score (nSPS) is 12.1. The topological polar surface area (TPSA) is 99.9 Å². The van der Waals surface area contributed by atoms with Crippen molar-refractivity contribution in [2.45, 2.75) is 6.92 Å². The van der Waals surface area contributed by atoms with E-state index in [0.29, 0.717) is 5.75 Å². The first kappa shape index (κ1) is 12.0. The maximum Gasteiger partial charge on any atom is 0.411 e. The monoisotopic (exact) mass is 254 g/mol. The Morgan fingerprint density at radius 3 is 2.78 bits per heavy atom. The first-order valence-corrected chi connectivity index (χ1v) is 5.13. The van der Waals surface area contributed by atoms with Crippen LogP contribution in [0, 0.1) is 10.1 Å². The molecule has 0 spiro atoms. The maximum atomic E-state index is 11.3. The average Bonchev–Trinajstić information content (AvgIpc) is 2.74. The number of fused-ring (bicyclic) bond motifs is 1. The zero-order valence-corrected chi connectivity index (χ0v) is 9.47. The fourth-order valence-electron chi connectivity index (χ4n) is 1.46. The number of ether oxygens (including phenoxy) is 3. The van der Waals surface area contributed by atoms with Crippen LogP contribution in [0.15, 0.2) is 12.1 Å². The molecule has 0 bridgehead atoms. The minimum absolute atomic E-state index is 0.00250. The van der Waals surface area contributed by atoms with E-state index in [-0.39, 0.29) is 30.5 Å². The molecule has 8 heteroatoms. The molecule has 0 saturated carbocycles. The molecular formula is C10H10N2O6. The Hall–Kier alpha value is -2.51. The number of nitro benzene ring substituents is 1. The van der Waals surface area contributed by atoms with Crippen LogP contribution in [-0.4, -0.2) is 24.4 Å². The number of carbonyl (C=O) groups excluding carboxylic acids is 1. The van der Waals surface area contributed by atoms with E-state index in [1.54, 1.807) is 6.92 Å². The molecule has 18 heavy (non-hydrogen) atoms. The van der Waals surface area contributed by atoms with Crippen LogP contribution < -0.4 is 14.8 Å². The molecule has 0 fully saturated rings. The quantitative estimate of drug-likeness (QED) is 0.653. The Bertz CT molecular complexity index is 501. The number of nitrogens with one attached hydrogen (secondary N) is 1. The lowest BCUT2D eigenvalue weighted by Crippen LogP contribution is -2.14. The molecule has 1 aliphatic rings. The van der Waals surface area contributed by atoms with Gasteiger partial charge < -0.3 is 14.2 Å². The Morgan fingerprint density at radius 1 is 1.50 bits per heavy atom. The minimum Gasteiger partial charge on any atom is -0.454 e. The van der Waals surface area contributed by atoms with Crippen LogP contribution in [0.25, 0.3) is 0 Å². The van der Waals surface area contributed by atoms with Gasteiger partial charge in [0.05, 0.1) is 17.6 Å². The lowest BCUT2D eigenvalue weighted by atomic mass is 10.2. The van der Waals surface area contributed by atoms with Gasteiger partial charge in [0.1, 0.15) is 5.69 Å². The number of hydrogen-bond acceptors (Lipinski definition) is 6. The highest BCUT2D eigenvalue weighted by Crippen LogP contribution is 2.40. The maximum absolute atomic E-state index is 11.3. The van der Waals surface area contributed by atoms with Crippen LogP contribution in [0.4, 0.5) is 16.2 Å². The predicted molar refractivity (Wildman–Crippen MR) is 59.9 cm³/mol. The van der Waals surface area contributed by atoms with E-state index in [4.69, 9.17) is 9.47 Å². The Morgan fingerprint density at radius 2 is 2.17 bits per heavy atom. The summed E-state index contributed by atoms with van der Waals surface area (Å²) in [7, 11) is 0. The fraction of sp³-hybridized carbons (Fsp3) is 0.300. The van der Waals surface area contributed by atoms with Gasteiger partial charge in [0.25, 0.3) is 5.69 Å². The van der Waals surface area contributed by atoms with E-state index < -0.39 is 11.0 Å². The Balaban J connectivity index is 2.32. The third kappa shape index (κ3) is 2.26. The van der Waals surface area contributed by atoms with Crippen molar-refractivity contribution >= 4 is 17.5 Å². The van der Waals surface area contributed by atoms with Crippen molar-refractivity contribution < 1.29 is 23.9 Å². The van der Waals surface area contributed by atoms with Gasteiger partial charge in [-0.05, 0) is 6.92 Å². The fourth-order valence-corrected chi connectivity index (χ4v) is 1.46. The minimum atomic E-state index is -0.764. The molecule has 0 saturated heterocycles. The summed E-state index contributed by atoms with van der Waals surface area (Å²) >= 11 is 0. The summed E-state index contributed by atoms with van der Waals surface area (Å²) < 4.78 is 14.8. The largest absolute Gasteiger partial charge is 0.454 e. The summed E-state index contributed by atoms with van der Waals surface area (Å²) in [5.41, 5.74) is -0.282. The van der Waals surface area contributed by atoms with Gasteiger partial charge in [-0.2, -0.15) is 0 Å². The zero-order valence-electron chi connectivity index (χ0n) is 9.47. The number of hydrogen-bond donors (Lipinski definition) is 1. The van der Waals surface area contributed by atoms with Gasteiger partial charge in [0.2, 0.25) is 6.79 Å². The summed E-state index contributed by atoms with van der Waals surface area (Å²) in [5.74, 6) is 0.614. The van der Waals surface area contributed by atoms with Gasteiger partial charge >= 0.3 is 6.09 Å². The van der Waals surface area contributed by atoms with E-state index in [9.17, 15) is 14.9 Å². The SMILES string of the molecule is CCOC(=O)Nc1cc2c(cc1[N+](=O)[O-])OCO2. The Labute approximate surface area is 102 Å². The van der Waals surface area contributed by atoms with Crippen molar-refractivity contribution in [1.82, 2.24) is 0 Å². The summed E-state index contributed by atoms with van der Waals surface area (Å²) in [6, 6.07) is 2.53.